The molecule has 3 aromatic carbocycles. The standard InChI is InChI=1S/C44H63B2N4O4S2/c51-45-54-44-26-18-16-24-38(44)34-50-36-48(28-20-12-8-4-2-6-10-14-22-30-56)41-31-40-42(32-43(41)50)49(33-37-23-15-17-25-39(37)46(52)53)35-47(40)27-19-11-7-3-1-5-9-13-21-29-55/h15-18,23-26,31-32,35-36,51-53H,1-14,19-22,27-30,33-34H2/p+3. The van der Waals surface area contributed by atoms with Crippen molar-refractivity contribution in [3.63, 3.8) is 0 Å². The lowest BCUT2D eigenvalue weighted by molar-refractivity contribution is -0.749. The molecule has 1 atom stereocenters. The zero-order valence-corrected chi connectivity index (χ0v) is 35.3. The van der Waals surface area contributed by atoms with Crippen molar-refractivity contribution in [2.24, 2.45) is 0 Å². The van der Waals surface area contributed by atoms with Gasteiger partial charge in [0.05, 0.1) is 18.7 Å². The van der Waals surface area contributed by atoms with Crippen LogP contribution in [0.1, 0.15) is 127 Å². The smallest absolute Gasteiger partial charge is 0.537 e. The zero-order chi connectivity index (χ0) is 39.4. The average Bonchev–Trinajstić information content (AvgIpc) is 3.72. The van der Waals surface area contributed by atoms with Gasteiger partial charge in [-0.25, -0.2) is 14.0 Å². The summed E-state index contributed by atoms with van der Waals surface area (Å²) in [5.74, 6) is 2.64. The second-order valence-electron chi connectivity index (χ2n) is 15.5. The topological polar surface area (TPSA) is 86.2 Å². The molecule has 1 radical (unpaired) electrons. The highest BCUT2D eigenvalue weighted by Gasteiger charge is 2.37. The number of hydrogen-bond donors (Lipinski definition) is 6. The molecule has 1 unspecified atom stereocenters. The van der Waals surface area contributed by atoms with Crippen molar-refractivity contribution in [1.82, 2.24) is 4.57 Å². The molecular weight excluding hydrogens is 734 g/mol. The maximum absolute atomic E-state index is 10.2. The molecule has 5 rings (SSSR count). The quantitative estimate of drug-likeness (QED) is 0.0157. The molecule has 1 aromatic heterocycles. The van der Waals surface area contributed by atoms with Crippen LogP contribution < -0.4 is 19.6 Å². The lowest BCUT2D eigenvalue weighted by Crippen LogP contribution is -3.04. The molecule has 0 saturated heterocycles. The summed E-state index contributed by atoms with van der Waals surface area (Å²) in [4.78, 5) is 1.22. The van der Waals surface area contributed by atoms with Gasteiger partial charge in [0.15, 0.2) is 17.6 Å². The van der Waals surface area contributed by atoms with Crippen molar-refractivity contribution in [3.05, 3.63) is 78.1 Å². The van der Waals surface area contributed by atoms with Crippen LogP contribution in [0.2, 0.25) is 0 Å². The molecule has 0 amide bonds. The van der Waals surface area contributed by atoms with Crippen LogP contribution in [-0.2, 0) is 19.6 Å². The third-order valence-electron chi connectivity index (χ3n) is 11.3. The van der Waals surface area contributed by atoms with Crippen LogP contribution in [0.15, 0.2) is 67.0 Å². The number of imidazole rings is 1. The summed E-state index contributed by atoms with van der Waals surface area (Å²) in [6.07, 6.45) is 27.4. The van der Waals surface area contributed by atoms with Gasteiger partial charge in [-0.05, 0) is 66.8 Å². The molecule has 4 N–H and O–H groups in total. The van der Waals surface area contributed by atoms with E-state index < -0.39 is 7.12 Å². The molecule has 1 aliphatic rings. The second-order valence-corrected chi connectivity index (χ2v) is 16.4. The minimum absolute atomic E-state index is 0.532. The first-order chi connectivity index (χ1) is 27.5. The Bertz CT molecular complexity index is 1790. The predicted octanol–water partition coefficient (Wildman–Crippen LogP) is 6.85. The molecule has 0 aliphatic carbocycles. The highest BCUT2D eigenvalue weighted by Crippen LogP contribution is 2.31. The predicted molar refractivity (Wildman–Crippen MR) is 239 cm³/mol. The van der Waals surface area contributed by atoms with E-state index in [-0.39, 0.29) is 0 Å². The van der Waals surface area contributed by atoms with Crippen molar-refractivity contribution in [2.75, 3.05) is 18.1 Å². The summed E-state index contributed by atoms with van der Waals surface area (Å²) in [7, 11) is -0.774. The number of unbranched alkanes of at least 4 members (excludes halogenated alkanes) is 16. The van der Waals surface area contributed by atoms with Crippen LogP contribution in [0.5, 0.6) is 5.75 Å². The molecule has 0 saturated carbocycles. The summed E-state index contributed by atoms with van der Waals surface area (Å²) in [6.45, 7) is 3.10. The van der Waals surface area contributed by atoms with Crippen LogP contribution in [0.3, 0.4) is 0 Å². The zero-order valence-electron chi connectivity index (χ0n) is 33.5. The van der Waals surface area contributed by atoms with Crippen molar-refractivity contribution in [1.29, 1.82) is 0 Å². The molecule has 1 aliphatic heterocycles. The first kappa shape index (κ1) is 44.4. The number of para-hydroxylation sites is 1. The van der Waals surface area contributed by atoms with Gasteiger partial charge < -0.3 is 19.7 Å². The van der Waals surface area contributed by atoms with Gasteiger partial charge in [0.1, 0.15) is 18.8 Å². The summed E-state index contributed by atoms with van der Waals surface area (Å²) < 4.78 is 12.7. The molecule has 56 heavy (non-hydrogen) atoms. The fraction of sp³-hybridized carbons (Fsp3) is 0.545. The Kier molecular flexibility index (Phi) is 19.7. The lowest BCUT2D eigenvalue weighted by Gasteiger charge is -2.11. The van der Waals surface area contributed by atoms with Crippen molar-refractivity contribution >= 4 is 74.3 Å². The fourth-order valence-electron chi connectivity index (χ4n) is 8.17. The van der Waals surface area contributed by atoms with Crippen LogP contribution in [-0.4, -0.2) is 63.4 Å². The third-order valence-corrected chi connectivity index (χ3v) is 11.9. The largest absolute Gasteiger partial charge is 0.569 e. The Morgan fingerprint density at radius 1 is 0.696 bits per heavy atom. The van der Waals surface area contributed by atoms with Gasteiger partial charge in [0.25, 0.3) is 5.69 Å². The number of hydrogen-bond acceptors (Lipinski definition) is 6. The number of fused-ring (bicyclic) bond motifs is 2. The number of rotatable bonds is 29. The van der Waals surface area contributed by atoms with Crippen molar-refractivity contribution in [2.45, 2.75) is 135 Å². The number of aromatic nitrogens is 2. The highest BCUT2D eigenvalue weighted by atomic mass is 32.1. The van der Waals surface area contributed by atoms with Crippen molar-refractivity contribution in [3.8, 4) is 5.75 Å². The average molecular weight is 801 g/mol. The number of quaternary nitrogens is 1. The molecular formula is C44H66B2N4O4S2+3. The Morgan fingerprint density at radius 3 is 1.89 bits per heavy atom. The van der Waals surface area contributed by atoms with Gasteiger partial charge in [-0.1, -0.05) is 113 Å². The molecule has 12 heteroatoms. The van der Waals surface area contributed by atoms with Gasteiger partial charge in [-0.2, -0.15) is 25.3 Å². The van der Waals surface area contributed by atoms with E-state index in [0.717, 1.165) is 61.8 Å². The monoisotopic (exact) mass is 800 g/mol. The molecule has 301 valence electrons. The maximum Gasteiger partial charge on any atom is 0.569 e. The Hall–Kier alpha value is -2.73. The number of benzene rings is 3. The lowest BCUT2D eigenvalue weighted by atomic mass is 9.77. The van der Waals surface area contributed by atoms with Crippen LogP contribution in [0, 0.1) is 0 Å². The minimum atomic E-state index is -1.53. The second kappa shape index (κ2) is 24.9. The van der Waals surface area contributed by atoms with Crippen molar-refractivity contribution < 1.29 is 33.8 Å². The van der Waals surface area contributed by atoms with Gasteiger partial charge in [-0.3, -0.25) is 0 Å². The van der Waals surface area contributed by atoms with Crippen LogP contribution in [0.4, 0.5) is 11.4 Å². The van der Waals surface area contributed by atoms with Gasteiger partial charge >= 0.3 is 21.1 Å². The summed E-state index contributed by atoms with van der Waals surface area (Å²) in [6, 6.07) is 20.2. The van der Waals surface area contributed by atoms with E-state index in [9.17, 15) is 15.1 Å². The van der Waals surface area contributed by atoms with Crippen LogP contribution in [0.25, 0.3) is 11.0 Å². The molecule has 0 bridgehead atoms. The van der Waals surface area contributed by atoms with E-state index in [1.54, 1.807) is 6.07 Å². The maximum atomic E-state index is 10.2. The van der Waals surface area contributed by atoms with E-state index >= 15 is 0 Å². The van der Waals surface area contributed by atoms with Gasteiger partial charge in [0, 0.05) is 12.0 Å². The first-order valence-electron chi connectivity index (χ1n) is 21.4. The van der Waals surface area contributed by atoms with E-state index in [0.29, 0.717) is 24.3 Å². The highest BCUT2D eigenvalue weighted by molar-refractivity contribution is 7.80. The minimum Gasteiger partial charge on any atom is -0.537 e. The van der Waals surface area contributed by atoms with Gasteiger partial charge in [0.2, 0.25) is 12.0 Å². The number of thiol groups is 2. The number of nitrogens with zero attached hydrogens (tertiary/aromatic N) is 3. The molecule has 2 heterocycles. The molecule has 0 spiro atoms. The first-order valence-corrected chi connectivity index (χ1v) is 22.7. The molecule has 8 nitrogen and oxygen atoms in total. The summed E-state index contributed by atoms with van der Waals surface area (Å²) >= 11 is 8.69. The van der Waals surface area contributed by atoms with E-state index in [1.807, 2.05) is 36.4 Å². The molecule has 0 fully saturated rings. The van der Waals surface area contributed by atoms with E-state index in [4.69, 9.17) is 4.65 Å². The Morgan fingerprint density at radius 2 is 1.27 bits per heavy atom. The van der Waals surface area contributed by atoms with E-state index in [1.165, 1.54) is 125 Å². The fourth-order valence-corrected chi connectivity index (χ4v) is 8.62. The molecule has 4 aromatic rings. The summed E-state index contributed by atoms with van der Waals surface area (Å²) in [5.41, 5.74) is 7.21. The Balaban J connectivity index is 1.38. The third kappa shape index (κ3) is 13.4. The number of aryl methyl sites for hydroxylation is 1. The summed E-state index contributed by atoms with van der Waals surface area (Å²) in [5, 5.41) is 29.9. The van der Waals surface area contributed by atoms with Crippen LogP contribution >= 0.6 is 25.3 Å². The normalized spacial score (nSPS) is 13.7. The van der Waals surface area contributed by atoms with E-state index in [2.05, 4.69) is 69.8 Å². The number of nitrogens with one attached hydrogen (secondary N) is 1. The van der Waals surface area contributed by atoms with Gasteiger partial charge in [-0.15, -0.1) is 4.58 Å². The Labute approximate surface area is 348 Å². The SMILES string of the molecule is O[B]Oc1ccccc1C[NH+]1C=[N+](CCCCCCCCCCCS)c2cc3c(cc21)[n+](Cc1ccccc1B(O)O)cn3CCCCCCCCCCCS.